The van der Waals surface area contributed by atoms with E-state index in [9.17, 15) is 4.79 Å². The first-order valence-electron chi connectivity index (χ1n) is 2.99. The third-order valence-corrected chi connectivity index (χ3v) is 2.39. The van der Waals surface area contributed by atoms with Crippen LogP contribution in [0, 0.1) is 0 Å². The minimum atomic E-state index is 0.439. The Morgan fingerprint density at radius 3 is 2.90 bits per heavy atom. The summed E-state index contributed by atoms with van der Waals surface area (Å²) >= 11 is 2.31. The third-order valence-electron chi connectivity index (χ3n) is 1.25. The summed E-state index contributed by atoms with van der Waals surface area (Å²) in [6, 6.07) is 0. The van der Waals surface area contributed by atoms with Crippen molar-refractivity contribution >= 4 is 28.9 Å². The van der Waals surface area contributed by atoms with E-state index in [1.165, 1.54) is 11.6 Å². The van der Waals surface area contributed by atoms with E-state index in [2.05, 4.69) is 28.7 Å². The molecule has 0 heterocycles. The average Bonchev–Trinajstić information content (AvgIpc) is 2.31. The summed E-state index contributed by atoms with van der Waals surface area (Å²) < 4.78 is 0.439. The van der Waals surface area contributed by atoms with Crippen molar-refractivity contribution in [3.05, 3.63) is 36.0 Å². The molecule has 0 N–H and O–H groups in total. The predicted molar refractivity (Wildman–Crippen MR) is 50.2 cm³/mol. The van der Waals surface area contributed by atoms with Gasteiger partial charge in [0.1, 0.15) is 6.29 Å². The van der Waals surface area contributed by atoms with E-state index in [1.807, 2.05) is 18.2 Å². The average molecular weight is 246 g/mol. The lowest BCUT2D eigenvalue weighted by Crippen LogP contribution is -1.89. The number of alkyl halides is 1. The van der Waals surface area contributed by atoms with E-state index in [0.29, 0.717) is 3.92 Å². The zero-order chi connectivity index (χ0) is 7.40. The maximum atomic E-state index is 9.93. The SMILES string of the molecule is O=C/C=C/C1=CC=C[C@@H]1I. The number of rotatable bonds is 2. The van der Waals surface area contributed by atoms with Gasteiger partial charge in [-0.3, -0.25) is 4.79 Å². The molecule has 0 aromatic heterocycles. The van der Waals surface area contributed by atoms with Crippen LogP contribution in [0.1, 0.15) is 0 Å². The normalized spacial score (nSPS) is 23.7. The fourth-order valence-corrected chi connectivity index (χ4v) is 1.42. The number of carbonyl (C=O) groups excluding carboxylic acids is 1. The molecule has 0 radical (unpaired) electrons. The van der Waals surface area contributed by atoms with Gasteiger partial charge in [0.25, 0.3) is 0 Å². The van der Waals surface area contributed by atoms with Gasteiger partial charge in [-0.15, -0.1) is 0 Å². The Bertz CT molecular complexity index is 213. The van der Waals surface area contributed by atoms with Crippen LogP contribution in [0.25, 0.3) is 0 Å². The van der Waals surface area contributed by atoms with Crippen LogP contribution in [0.15, 0.2) is 36.0 Å². The Kier molecular flexibility index (Phi) is 2.86. The molecular weight excluding hydrogens is 239 g/mol. The van der Waals surface area contributed by atoms with Crippen LogP contribution in [0.2, 0.25) is 0 Å². The Morgan fingerprint density at radius 1 is 1.60 bits per heavy atom. The topological polar surface area (TPSA) is 17.1 Å². The van der Waals surface area contributed by atoms with Crippen LogP contribution in [0.5, 0.6) is 0 Å². The number of carbonyl (C=O) groups is 1. The van der Waals surface area contributed by atoms with E-state index in [4.69, 9.17) is 0 Å². The van der Waals surface area contributed by atoms with Crippen molar-refractivity contribution in [3.8, 4) is 0 Å². The Balaban J connectivity index is 2.59. The molecular formula is C8H7IO. The van der Waals surface area contributed by atoms with E-state index in [1.54, 1.807) is 0 Å². The van der Waals surface area contributed by atoms with Crippen LogP contribution in [-0.4, -0.2) is 10.2 Å². The van der Waals surface area contributed by atoms with Gasteiger partial charge in [0.15, 0.2) is 0 Å². The van der Waals surface area contributed by atoms with Crippen molar-refractivity contribution in [3.63, 3.8) is 0 Å². The smallest absolute Gasteiger partial charge is 0.142 e. The minimum Gasteiger partial charge on any atom is -0.299 e. The van der Waals surface area contributed by atoms with Gasteiger partial charge in [0.2, 0.25) is 0 Å². The molecule has 0 aromatic carbocycles. The van der Waals surface area contributed by atoms with Crippen LogP contribution in [-0.2, 0) is 4.79 Å². The molecule has 0 spiro atoms. The number of aldehydes is 1. The largest absolute Gasteiger partial charge is 0.299 e. The van der Waals surface area contributed by atoms with Gasteiger partial charge < -0.3 is 0 Å². The van der Waals surface area contributed by atoms with Gasteiger partial charge in [-0.2, -0.15) is 0 Å². The summed E-state index contributed by atoms with van der Waals surface area (Å²) in [5.74, 6) is 0. The van der Waals surface area contributed by atoms with Gasteiger partial charge in [-0.05, 0) is 11.6 Å². The highest BCUT2D eigenvalue weighted by molar-refractivity contribution is 14.1. The van der Waals surface area contributed by atoms with Crippen LogP contribution >= 0.6 is 22.6 Å². The van der Waals surface area contributed by atoms with Crippen molar-refractivity contribution in [2.75, 3.05) is 0 Å². The summed E-state index contributed by atoms with van der Waals surface area (Å²) in [4.78, 5) is 9.93. The van der Waals surface area contributed by atoms with Gasteiger partial charge in [-0.1, -0.05) is 46.9 Å². The first-order chi connectivity index (χ1) is 4.84. The maximum absolute atomic E-state index is 9.93. The number of allylic oxidation sites excluding steroid dienone is 6. The molecule has 1 aliphatic carbocycles. The summed E-state index contributed by atoms with van der Waals surface area (Å²) in [6.07, 6.45) is 10.3. The summed E-state index contributed by atoms with van der Waals surface area (Å²) in [6.45, 7) is 0. The molecule has 1 aliphatic rings. The lowest BCUT2D eigenvalue weighted by Gasteiger charge is -1.97. The highest BCUT2D eigenvalue weighted by Crippen LogP contribution is 2.20. The summed E-state index contributed by atoms with van der Waals surface area (Å²) in [7, 11) is 0. The van der Waals surface area contributed by atoms with Crippen molar-refractivity contribution in [2.45, 2.75) is 3.92 Å². The van der Waals surface area contributed by atoms with Gasteiger partial charge in [0, 0.05) is 0 Å². The Hall–Kier alpha value is -0.380. The zero-order valence-corrected chi connectivity index (χ0v) is 7.49. The maximum Gasteiger partial charge on any atom is 0.142 e. The molecule has 0 bridgehead atoms. The van der Waals surface area contributed by atoms with E-state index >= 15 is 0 Å². The standard InChI is InChI=1S/C8H7IO/c9-8-5-1-3-7(8)4-2-6-10/h1-6,8H/b4-2+/t8-/m0/s1. The zero-order valence-electron chi connectivity index (χ0n) is 5.33. The fraction of sp³-hybridized carbons (Fsp3) is 0.125. The van der Waals surface area contributed by atoms with Crippen LogP contribution in [0.3, 0.4) is 0 Å². The number of hydrogen-bond acceptors (Lipinski definition) is 1. The second-order valence-electron chi connectivity index (χ2n) is 1.95. The molecule has 1 atom stereocenters. The predicted octanol–water partition coefficient (Wildman–Crippen LogP) is 2.04. The number of halogens is 1. The Labute approximate surface area is 73.6 Å². The summed E-state index contributed by atoms with van der Waals surface area (Å²) in [5, 5.41) is 0. The molecule has 52 valence electrons. The molecule has 1 nitrogen and oxygen atoms in total. The monoisotopic (exact) mass is 246 g/mol. The fourth-order valence-electron chi connectivity index (χ4n) is 0.765. The summed E-state index contributed by atoms with van der Waals surface area (Å²) in [5.41, 5.74) is 1.19. The molecule has 0 amide bonds. The van der Waals surface area contributed by atoms with Crippen LogP contribution < -0.4 is 0 Å². The first kappa shape index (κ1) is 7.72. The van der Waals surface area contributed by atoms with Gasteiger partial charge in [0.05, 0.1) is 3.92 Å². The first-order valence-corrected chi connectivity index (χ1v) is 4.23. The molecule has 0 saturated carbocycles. The van der Waals surface area contributed by atoms with Gasteiger partial charge >= 0.3 is 0 Å². The Morgan fingerprint density at radius 2 is 2.40 bits per heavy atom. The second-order valence-corrected chi connectivity index (χ2v) is 3.29. The lowest BCUT2D eigenvalue weighted by atomic mass is 10.2. The lowest BCUT2D eigenvalue weighted by molar-refractivity contribution is -0.104. The molecule has 2 heteroatoms. The highest BCUT2D eigenvalue weighted by Gasteiger charge is 2.05. The van der Waals surface area contributed by atoms with Crippen LogP contribution in [0.4, 0.5) is 0 Å². The number of hydrogen-bond donors (Lipinski definition) is 0. The quantitative estimate of drug-likeness (QED) is 0.315. The van der Waals surface area contributed by atoms with Gasteiger partial charge in [-0.25, -0.2) is 0 Å². The molecule has 1 rings (SSSR count). The molecule has 0 fully saturated rings. The highest BCUT2D eigenvalue weighted by atomic mass is 127. The van der Waals surface area contributed by atoms with Crippen molar-refractivity contribution < 1.29 is 4.79 Å². The van der Waals surface area contributed by atoms with Crippen molar-refractivity contribution in [2.24, 2.45) is 0 Å². The molecule has 0 saturated heterocycles. The minimum absolute atomic E-state index is 0.439. The molecule has 0 unspecified atom stereocenters. The van der Waals surface area contributed by atoms with E-state index < -0.39 is 0 Å². The van der Waals surface area contributed by atoms with E-state index in [-0.39, 0.29) is 0 Å². The van der Waals surface area contributed by atoms with E-state index in [0.717, 1.165) is 6.29 Å². The van der Waals surface area contributed by atoms with Crippen molar-refractivity contribution in [1.82, 2.24) is 0 Å². The molecule has 10 heavy (non-hydrogen) atoms. The van der Waals surface area contributed by atoms with Crippen molar-refractivity contribution in [1.29, 1.82) is 0 Å². The second kappa shape index (κ2) is 3.71. The third kappa shape index (κ3) is 1.80. The molecule has 0 aromatic rings. The molecule has 0 aliphatic heterocycles.